The van der Waals surface area contributed by atoms with Crippen molar-refractivity contribution >= 4 is 17.5 Å². The van der Waals surface area contributed by atoms with Crippen LogP contribution in [0.25, 0.3) is 0 Å². The number of ketones is 1. The molecule has 0 amide bonds. The number of thioether (sulfide) groups is 1. The molecule has 0 aliphatic heterocycles. The lowest BCUT2D eigenvalue weighted by Crippen LogP contribution is -2.15. The Bertz CT molecular complexity index is 531. The molecular weight excluding hydrogens is 252 g/mol. The SMILES string of the molecule is Cc1ccc(SC(C)C(=O)Cc2ccccc2)cc1. The van der Waals surface area contributed by atoms with E-state index in [1.54, 1.807) is 11.8 Å². The Labute approximate surface area is 119 Å². The van der Waals surface area contributed by atoms with Gasteiger partial charge >= 0.3 is 0 Å². The van der Waals surface area contributed by atoms with Crippen molar-refractivity contribution in [3.05, 3.63) is 65.7 Å². The van der Waals surface area contributed by atoms with E-state index in [0.717, 1.165) is 10.5 Å². The Morgan fingerprint density at radius 3 is 2.32 bits per heavy atom. The molecule has 98 valence electrons. The highest BCUT2D eigenvalue weighted by Crippen LogP contribution is 2.24. The zero-order valence-corrected chi connectivity index (χ0v) is 12.1. The highest BCUT2D eigenvalue weighted by atomic mass is 32.2. The summed E-state index contributed by atoms with van der Waals surface area (Å²) in [5, 5.41) is -0.0112. The maximum atomic E-state index is 12.2. The van der Waals surface area contributed by atoms with Gasteiger partial charge in [-0.25, -0.2) is 0 Å². The molecule has 0 saturated heterocycles. The van der Waals surface area contributed by atoms with Gasteiger partial charge in [-0.2, -0.15) is 0 Å². The van der Waals surface area contributed by atoms with E-state index in [-0.39, 0.29) is 11.0 Å². The van der Waals surface area contributed by atoms with E-state index in [2.05, 4.69) is 31.2 Å². The fraction of sp³-hybridized carbons (Fsp3) is 0.235. The minimum absolute atomic E-state index is 0.0112. The summed E-state index contributed by atoms with van der Waals surface area (Å²) in [5.74, 6) is 0.275. The molecule has 19 heavy (non-hydrogen) atoms. The van der Waals surface area contributed by atoms with E-state index in [1.807, 2.05) is 37.3 Å². The van der Waals surface area contributed by atoms with Gasteiger partial charge in [0.25, 0.3) is 0 Å². The second kappa shape index (κ2) is 6.58. The molecule has 0 aliphatic rings. The van der Waals surface area contributed by atoms with Crippen molar-refractivity contribution in [3.8, 4) is 0 Å². The van der Waals surface area contributed by atoms with Crippen LogP contribution in [0.3, 0.4) is 0 Å². The molecule has 0 bridgehead atoms. The van der Waals surface area contributed by atoms with Crippen LogP contribution in [0.15, 0.2) is 59.5 Å². The molecular formula is C17H18OS. The first-order chi connectivity index (χ1) is 9.15. The summed E-state index contributed by atoms with van der Waals surface area (Å²) in [4.78, 5) is 13.3. The van der Waals surface area contributed by atoms with Crippen molar-refractivity contribution in [2.24, 2.45) is 0 Å². The van der Waals surface area contributed by atoms with Gasteiger partial charge in [0, 0.05) is 11.3 Å². The highest BCUT2D eigenvalue weighted by molar-refractivity contribution is 8.00. The Balaban J connectivity index is 1.94. The van der Waals surface area contributed by atoms with Gasteiger partial charge in [-0.1, -0.05) is 48.0 Å². The van der Waals surface area contributed by atoms with Crippen molar-refractivity contribution in [3.63, 3.8) is 0 Å². The predicted molar refractivity (Wildman–Crippen MR) is 81.7 cm³/mol. The maximum absolute atomic E-state index is 12.2. The zero-order valence-electron chi connectivity index (χ0n) is 11.3. The third-order valence-corrected chi connectivity index (χ3v) is 4.17. The number of Topliss-reactive ketones (excluding diaryl/α,β-unsaturated/α-hetero) is 1. The van der Waals surface area contributed by atoms with E-state index in [1.165, 1.54) is 5.56 Å². The lowest BCUT2D eigenvalue weighted by Gasteiger charge is -2.10. The van der Waals surface area contributed by atoms with Crippen molar-refractivity contribution in [1.82, 2.24) is 0 Å². The lowest BCUT2D eigenvalue weighted by molar-refractivity contribution is -0.117. The molecule has 0 heterocycles. The number of benzene rings is 2. The molecule has 2 heteroatoms. The van der Waals surface area contributed by atoms with Crippen LogP contribution in [0.2, 0.25) is 0 Å². The van der Waals surface area contributed by atoms with E-state index < -0.39 is 0 Å². The van der Waals surface area contributed by atoms with Crippen LogP contribution in [0.1, 0.15) is 18.1 Å². The van der Waals surface area contributed by atoms with Gasteiger partial charge in [0.05, 0.1) is 5.25 Å². The summed E-state index contributed by atoms with van der Waals surface area (Å²) in [7, 11) is 0. The standard InChI is InChI=1S/C17H18OS/c1-13-8-10-16(11-9-13)19-14(2)17(18)12-15-6-4-3-5-7-15/h3-11,14H,12H2,1-2H3. The maximum Gasteiger partial charge on any atom is 0.150 e. The Morgan fingerprint density at radius 1 is 1.05 bits per heavy atom. The van der Waals surface area contributed by atoms with Gasteiger partial charge < -0.3 is 0 Å². The summed E-state index contributed by atoms with van der Waals surface area (Å²) in [5.41, 5.74) is 2.33. The smallest absolute Gasteiger partial charge is 0.150 e. The molecule has 0 N–H and O–H groups in total. The zero-order chi connectivity index (χ0) is 13.7. The monoisotopic (exact) mass is 270 g/mol. The van der Waals surface area contributed by atoms with E-state index in [9.17, 15) is 4.79 Å². The molecule has 0 aromatic heterocycles. The van der Waals surface area contributed by atoms with Crippen LogP contribution in [0, 0.1) is 6.92 Å². The average Bonchev–Trinajstić information content (AvgIpc) is 2.42. The summed E-state index contributed by atoms with van der Waals surface area (Å²) < 4.78 is 0. The highest BCUT2D eigenvalue weighted by Gasteiger charge is 2.14. The largest absolute Gasteiger partial charge is 0.298 e. The number of carbonyl (C=O) groups is 1. The quantitative estimate of drug-likeness (QED) is 0.754. The summed E-state index contributed by atoms with van der Waals surface area (Å²) in [6, 6.07) is 18.2. The Morgan fingerprint density at radius 2 is 1.68 bits per heavy atom. The summed E-state index contributed by atoms with van der Waals surface area (Å²) in [6.45, 7) is 4.05. The Kier molecular flexibility index (Phi) is 4.80. The van der Waals surface area contributed by atoms with Crippen molar-refractivity contribution < 1.29 is 4.79 Å². The van der Waals surface area contributed by atoms with Gasteiger partial charge in [-0.15, -0.1) is 11.8 Å². The molecule has 2 rings (SSSR count). The molecule has 0 spiro atoms. The molecule has 1 unspecified atom stereocenters. The molecule has 2 aromatic rings. The van der Waals surface area contributed by atoms with Gasteiger partial charge in [-0.3, -0.25) is 4.79 Å². The van der Waals surface area contributed by atoms with Crippen LogP contribution in [-0.2, 0) is 11.2 Å². The van der Waals surface area contributed by atoms with Gasteiger partial charge in [0.15, 0.2) is 0 Å². The number of aryl methyl sites for hydroxylation is 1. The summed E-state index contributed by atoms with van der Waals surface area (Å²) in [6.07, 6.45) is 0.515. The minimum atomic E-state index is -0.0112. The first-order valence-corrected chi connectivity index (χ1v) is 7.33. The molecule has 0 fully saturated rings. The third-order valence-electron chi connectivity index (χ3n) is 3.01. The number of hydrogen-bond acceptors (Lipinski definition) is 2. The van der Waals surface area contributed by atoms with Crippen molar-refractivity contribution in [1.29, 1.82) is 0 Å². The molecule has 0 radical (unpaired) electrons. The van der Waals surface area contributed by atoms with E-state index >= 15 is 0 Å². The molecule has 1 nitrogen and oxygen atoms in total. The Hall–Kier alpha value is -1.54. The normalized spacial score (nSPS) is 12.1. The van der Waals surface area contributed by atoms with Crippen molar-refractivity contribution in [2.45, 2.75) is 30.4 Å². The molecule has 2 aromatic carbocycles. The first-order valence-electron chi connectivity index (χ1n) is 6.45. The molecule has 0 aliphatic carbocycles. The number of rotatable bonds is 5. The van der Waals surface area contributed by atoms with Crippen LogP contribution < -0.4 is 0 Å². The summed E-state index contributed by atoms with van der Waals surface area (Å²) >= 11 is 1.63. The number of carbonyl (C=O) groups excluding carboxylic acids is 1. The number of hydrogen-bond donors (Lipinski definition) is 0. The topological polar surface area (TPSA) is 17.1 Å². The van der Waals surface area contributed by atoms with Gasteiger partial charge in [-0.05, 0) is 31.5 Å². The second-order valence-corrected chi connectivity index (χ2v) is 6.12. The fourth-order valence-corrected chi connectivity index (χ4v) is 2.74. The second-order valence-electron chi connectivity index (χ2n) is 4.70. The minimum Gasteiger partial charge on any atom is -0.298 e. The third kappa shape index (κ3) is 4.25. The molecule has 1 atom stereocenters. The first kappa shape index (κ1) is 13.9. The predicted octanol–water partition coefficient (Wildman–Crippen LogP) is 4.29. The van der Waals surface area contributed by atoms with E-state index in [4.69, 9.17) is 0 Å². The van der Waals surface area contributed by atoms with Gasteiger partial charge in [0.1, 0.15) is 5.78 Å². The lowest BCUT2D eigenvalue weighted by atomic mass is 10.1. The van der Waals surface area contributed by atoms with Crippen molar-refractivity contribution in [2.75, 3.05) is 0 Å². The van der Waals surface area contributed by atoms with E-state index in [0.29, 0.717) is 6.42 Å². The van der Waals surface area contributed by atoms with Crippen LogP contribution in [-0.4, -0.2) is 11.0 Å². The fourth-order valence-electron chi connectivity index (χ4n) is 1.83. The van der Waals surface area contributed by atoms with Gasteiger partial charge in [0.2, 0.25) is 0 Å². The average molecular weight is 270 g/mol. The van der Waals surface area contributed by atoms with Crippen LogP contribution in [0.5, 0.6) is 0 Å². The molecule has 0 saturated carbocycles. The van der Waals surface area contributed by atoms with Crippen LogP contribution >= 0.6 is 11.8 Å². The van der Waals surface area contributed by atoms with Crippen LogP contribution in [0.4, 0.5) is 0 Å².